The Kier molecular flexibility index (Phi) is 7.02. The number of nitrogens with one attached hydrogen (secondary N) is 2. The summed E-state index contributed by atoms with van der Waals surface area (Å²) in [7, 11) is 0. The predicted octanol–water partition coefficient (Wildman–Crippen LogP) is 5.00. The number of hydrogen-bond donors (Lipinski definition) is 2. The summed E-state index contributed by atoms with van der Waals surface area (Å²) in [4.78, 5) is 11.8. The molecule has 6 heteroatoms. The van der Waals surface area contributed by atoms with Gasteiger partial charge in [0.05, 0.1) is 17.3 Å². The van der Waals surface area contributed by atoms with Crippen LogP contribution in [-0.4, -0.2) is 41.2 Å². The van der Waals surface area contributed by atoms with Gasteiger partial charge in [-0.15, -0.1) is 0 Å². The van der Waals surface area contributed by atoms with Gasteiger partial charge in [-0.05, 0) is 56.0 Å². The van der Waals surface area contributed by atoms with E-state index in [9.17, 15) is 0 Å². The fourth-order valence-corrected chi connectivity index (χ4v) is 5.26. The van der Waals surface area contributed by atoms with Crippen LogP contribution in [0.5, 0.6) is 0 Å². The molecule has 3 aromatic rings. The summed E-state index contributed by atoms with van der Waals surface area (Å²) >= 11 is 0. The fraction of sp³-hybridized carbons (Fsp3) is 0.393. The summed E-state index contributed by atoms with van der Waals surface area (Å²) in [5.74, 6) is 0.711. The molecule has 6 nitrogen and oxygen atoms in total. The predicted molar refractivity (Wildman–Crippen MR) is 137 cm³/mol. The molecule has 3 atom stereocenters. The number of nitriles is 1. The third-order valence-corrected chi connectivity index (χ3v) is 7.04. The van der Waals surface area contributed by atoms with Gasteiger partial charge in [0.25, 0.3) is 0 Å². The largest absolute Gasteiger partial charge is 0.370 e. The maximum Gasteiger partial charge on any atom is 0.223 e. The van der Waals surface area contributed by atoms with Gasteiger partial charge < -0.3 is 15.5 Å². The summed E-state index contributed by atoms with van der Waals surface area (Å²) < 4.78 is 0. The van der Waals surface area contributed by atoms with Crippen LogP contribution in [0.15, 0.2) is 66.9 Å². The van der Waals surface area contributed by atoms with Crippen molar-refractivity contribution in [2.75, 3.05) is 23.3 Å². The molecular formula is C28H32N6. The van der Waals surface area contributed by atoms with Crippen LogP contribution in [0.25, 0.3) is 11.3 Å². The lowest BCUT2D eigenvalue weighted by atomic mass is 9.89. The van der Waals surface area contributed by atoms with E-state index in [0.29, 0.717) is 29.6 Å². The van der Waals surface area contributed by atoms with Crippen LogP contribution < -0.4 is 15.5 Å². The van der Waals surface area contributed by atoms with Crippen molar-refractivity contribution in [3.8, 4) is 17.3 Å². The topological polar surface area (TPSA) is 76.9 Å². The van der Waals surface area contributed by atoms with Gasteiger partial charge in [-0.1, -0.05) is 43.2 Å². The van der Waals surface area contributed by atoms with Crippen molar-refractivity contribution in [1.82, 2.24) is 15.3 Å². The Morgan fingerprint density at radius 3 is 2.47 bits per heavy atom. The van der Waals surface area contributed by atoms with Crippen LogP contribution in [0.3, 0.4) is 0 Å². The van der Waals surface area contributed by atoms with Crippen LogP contribution in [0.1, 0.15) is 44.1 Å². The maximum absolute atomic E-state index is 9.08. The van der Waals surface area contributed by atoms with Crippen LogP contribution in [-0.2, 0) is 0 Å². The minimum atomic E-state index is 0.324. The summed E-state index contributed by atoms with van der Waals surface area (Å²) in [6.45, 7) is 2.06. The van der Waals surface area contributed by atoms with Crippen LogP contribution in [0.4, 0.5) is 11.6 Å². The molecule has 1 saturated carbocycles. The van der Waals surface area contributed by atoms with E-state index in [1.54, 1.807) is 0 Å². The zero-order chi connectivity index (χ0) is 23.2. The highest BCUT2D eigenvalue weighted by Crippen LogP contribution is 2.26. The van der Waals surface area contributed by atoms with Gasteiger partial charge >= 0.3 is 0 Å². The number of rotatable bonds is 6. The van der Waals surface area contributed by atoms with Crippen molar-refractivity contribution < 1.29 is 0 Å². The monoisotopic (exact) mass is 452 g/mol. The average Bonchev–Trinajstić information content (AvgIpc) is 2.91. The standard InChI is InChI=1S/C28H32N6/c29-19-21-12-14-24(15-13-21)34-18-6-9-23(20-34)31-26-10-4-5-11-27(26)33-28-30-17-16-25(32-28)22-7-2-1-3-8-22/h1-3,7-8,12-17,23,26-27,31H,4-6,9-11,18,20H2,(H,30,32,33)/t23-,26+,27+/m0/s1. The fourth-order valence-electron chi connectivity index (χ4n) is 5.26. The molecule has 1 aliphatic heterocycles. The van der Waals surface area contributed by atoms with Gasteiger partial charge in [-0.2, -0.15) is 5.26 Å². The molecule has 0 bridgehead atoms. The zero-order valence-electron chi connectivity index (χ0n) is 19.5. The van der Waals surface area contributed by atoms with E-state index in [4.69, 9.17) is 10.2 Å². The minimum absolute atomic E-state index is 0.324. The van der Waals surface area contributed by atoms with Crippen LogP contribution in [0, 0.1) is 11.3 Å². The molecule has 2 aliphatic rings. The van der Waals surface area contributed by atoms with E-state index in [-0.39, 0.29) is 0 Å². The Morgan fingerprint density at radius 1 is 0.882 bits per heavy atom. The SMILES string of the molecule is N#Cc1ccc(N2CCC[C@H](N[C@@H]3CCCC[C@H]3Nc3nccc(-c4ccccc4)n3)C2)cc1. The number of piperidine rings is 1. The molecule has 0 amide bonds. The van der Waals surface area contributed by atoms with Gasteiger partial charge in [0.1, 0.15) is 0 Å². The van der Waals surface area contributed by atoms with Crippen molar-refractivity contribution in [1.29, 1.82) is 5.26 Å². The Balaban J connectivity index is 1.24. The summed E-state index contributed by atoms with van der Waals surface area (Å²) in [6.07, 6.45) is 9.00. The molecule has 2 fully saturated rings. The lowest BCUT2D eigenvalue weighted by Gasteiger charge is -2.40. The lowest BCUT2D eigenvalue weighted by Crippen LogP contribution is -2.55. The molecule has 1 aliphatic carbocycles. The van der Waals surface area contributed by atoms with Gasteiger partial charge in [0.15, 0.2) is 0 Å². The molecule has 0 unspecified atom stereocenters. The third kappa shape index (κ3) is 5.37. The molecule has 0 radical (unpaired) electrons. The molecule has 2 aromatic carbocycles. The Labute approximate surface area is 202 Å². The van der Waals surface area contributed by atoms with Crippen molar-refractivity contribution in [2.45, 2.75) is 56.7 Å². The highest BCUT2D eigenvalue weighted by Gasteiger charge is 2.29. The summed E-state index contributed by atoms with van der Waals surface area (Å²) in [5.41, 5.74) is 3.97. The molecule has 1 saturated heterocycles. The van der Waals surface area contributed by atoms with E-state index < -0.39 is 0 Å². The van der Waals surface area contributed by atoms with Crippen molar-refractivity contribution in [3.63, 3.8) is 0 Å². The second-order valence-electron chi connectivity index (χ2n) is 9.38. The van der Waals surface area contributed by atoms with E-state index >= 15 is 0 Å². The smallest absolute Gasteiger partial charge is 0.223 e. The van der Waals surface area contributed by atoms with Gasteiger partial charge in [-0.3, -0.25) is 0 Å². The van der Waals surface area contributed by atoms with Crippen molar-refractivity contribution in [2.24, 2.45) is 0 Å². The van der Waals surface area contributed by atoms with E-state index in [1.807, 2.05) is 42.6 Å². The zero-order valence-corrected chi connectivity index (χ0v) is 19.5. The molecular weight excluding hydrogens is 420 g/mol. The van der Waals surface area contributed by atoms with Crippen molar-refractivity contribution >= 4 is 11.6 Å². The van der Waals surface area contributed by atoms with Gasteiger partial charge in [0, 0.05) is 48.7 Å². The number of anilines is 2. The van der Waals surface area contributed by atoms with Gasteiger partial charge in [0.2, 0.25) is 5.95 Å². The average molecular weight is 453 g/mol. The van der Waals surface area contributed by atoms with Crippen LogP contribution >= 0.6 is 0 Å². The molecule has 2 N–H and O–H groups in total. The molecule has 0 spiro atoms. The Bertz CT molecular complexity index is 1110. The first-order chi connectivity index (χ1) is 16.8. The Hall–Kier alpha value is -3.43. The van der Waals surface area contributed by atoms with Gasteiger partial charge in [-0.25, -0.2) is 9.97 Å². The molecule has 5 rings (SSSR count). The second kappa shape index (κ2) is 10.7. The van der Waals surface area contributed by atoms with Crippen LogP contribution in [0.2, 0.25) is 0 Å². The molecule has 1 aromatic heterocycles. The lowest BCUT2D eigenvalue weighted by molar-refractivity contribution is 0.293. The first kappa shape index (κ1) is 22.4. The van der Waals surface area contributed by atoms with E-state index in [1.165, 1.54) is 37.8 Å². The van der Waals surface area contributed by atoms with Crippen molar-refractivity contribution in [3.05, 3.63) is 72.4 Å². The number of nitrogens with zero attached hydrogens (tertiary/aromatic N) is 4. The number of aromatic nitrogens is 2. The highest BCUT2D eigenvalue weighted by molar-refractivity contribution is 5.59. The summed E-state index contributed by atoms with van der Waals surface area (Å²) in [6, 6.07) is 23.6. The van der Waals surface area contributed by atoms with E-state index in [0.717, 1.165) is 30.8 Å². The minimum Gasteiger partial charge on any atom is -0.370 e. The molecule has 34 heavy (non-hydrogen) atoms. The normalized spacial score (nSPS) is 22.7. The molecule has 174 valence electrons. The Morgan fingerprint density at radius 2 is 1.68 bits per heavy atom. The molecule has 2 heterocycles. The number of hydrogen-bond acceptors (Lipinski definition) is 6. The first-order valence-electron chi connectivity index (χ1n) is 12.4. The third-order valence-electron chi connectivity index (χ3n) is 7.04. The highest BCUT2D eigenvalue weighted by atomic mass is 15.2. The van der Waals surface area contributed by atoms with E-state index in [2.05, 4.69) is 50.9 Å². The number of benzene rings is 2. The first-order valence-corrected chi connectivity index (χ1v) is 12.4. The summed E-state index contributed by atoms with van der Waals surface area (Å²) in [5, 5.41) is 16.7. The second-order valence-corrected chi connectivity index (χ2v) is 9.38. The maximum atomic E-state index is 9.08. The quantitative estimate of drug-likeness (QED) is 0.548.